The highest BCUT2D eigenvalue weighted by molar-refractivity contribution is 7.11. The highest BCUT2D eigenvalue weighted by atomic mass is 35.5. The van der Waals surface area contributed by atoms with E-state index in [0.717, 1.165) is 31.1 Å². The monoisotopic (exact) mass is 216 g/mol. The predicted molar refractivity (Wildman–Crippen MR) is 56.3 cm³/mol. The van der Waals surface area contributed by atoms with Crippen LogP contribution >= 0.6 is 22.9 Å². The lowest BCUT2D eigenvalue weighted by atomic mass is 10.2. The molecule has 0 fully saturated rings. The van der Waals surface area contributed by atoms with Gasteiger partial charge in [-0.25, -0.2) is 4.98 Å². The average molecular weight is 217 g/mol. The van der Waals surface area contributed by atoms with Crippen LogP contribution in [0, 0.1) is 0 Å². The summed E-state index contributed by atoms with van der Waals surface area (Å²) in [5.74, 6) is 0.559. The van der Waals surface area contributed by atoms with Crippen molar-refractivity contribution in [3.05, 3.63) is 15.6 Å². The zero-order chi connectivity index (χ0) is 9.26. The van der Waals surface area contributed by atoms with Crippen molar-refractivity contribution >= 4 is 22.9 Å². The molecular weight excluding hydrogens is 204 g/mol. The van der Waals surface area contributed by atoms with Crippen molar-refractivity contribution in [3.63, 3.8) is 0 Å². The van der Waals surface area contributed by atoms with E-state index in [2.05, 4.69) is 16.8 Å². The SMILES string of the molecule is CCN1CCc2nc(CCl)sc2C1. The first-order valence-electron chi connectivity index (χ1n) is 4.59. The summed E-state index contributed by atoms with van der Waals surface area (Å²) in [7, 11) is 0. The molecule has 0 bridgehead atoms. The Balaban J connectivity index is 2.19. The number of halogens is 1. The maximum atomic E-state index is 5.75. The van der Waals surface area contributed by atoms with Crippen LogP contribution in [0.2, 0.25) is 0 Å². The van der Waals surface area contributed by atoms with Crippen molar-refractivity contribution in [3.8, 4) is 0 Å². The second kappa shape index (κ2) is 3.95. The van der Waals surface area contributed by atoms with Crippen LogP contribution in [-0.2, 0) is 18.8 Å². The molecule has 0 saturated heterocycles. The summed E-state index contributed by atoms with van der Waals surface area (Å²) in [4.78, 5) is 8.36. The fourth-order valence-corrected chi connectivity index (χ4v) is 2.86. The summed E-state index contributed by atoms with van der Waals surface area (Å²) < 4.78 is 0. The van der Waals surface area contributed by atoms with Crippen LogP contribution in [-0.4, -0.2) is 23.0 Å². The molecular formula is C9H13ClN2S. The molecule has 0 spiro atoms. The Labute approximate surface area is 87.5 Å². The number of aromatic nitrogens is 1. The van der Waals surface area contributed by atoms with Crippen molar-refractivity contribution in [2.45, 2.75) is 25.8 Å². The molecule has 72 valence electrons. The number of hydrogen-bond donors (Lipinski definition) is 0. The van der Waals surface area contributed by atoms with Gasteiger partial charge in [0.15, 0.2) is 0 Å². The molecule has 4 heteroatoms. The third-order valence-corrected chi connectivity index (χ3v) is 3.91. The molecule has 1 aliphatic rings. The quantitative estimate of drug-likeness (QED) is 0.706. The van der Waals surface area contributed by atoms with Crippen molar-refractivity contribution in [2.24, 2.45) is 0 Å². The number of hydrogen-bond acceptors (Lipinski definition) is 3. The van der Waals surface area contributed by atoms with E-state index in [0.29, 0.717) is 5.88 Å². The minimum atomic E-state index is 0.559. The Hall–Kier alpha value is -0.120. The molecule has 2 nitrogen and oxygen atoms in total. The Bertz CT molecular complexity index is 298. The molecule has 0 amide bonds. The molecule has 1 aliphatic heterocycles. The molecule has 0 N–H and O–H groups in total. The number of nitrogens with zero attached hydrogens (tertiary/aromatic N) is 2. The molecule has 1 aromatic heterocycles. The van der Waals surface area contributed by atoms with E-state index in [9.17, 15) is 0 Å². The topological polar surface area (TPSA) is 16.1 Å². The highest BCUT2D eigenvalue weighted by Crippen LogP contribution is 2.25. The van der Waals surface area contributed by atoms with Gasteiger partial charge < -0.3 is 0 Å². The summed E-state index contributed by atoms with van der Waals surface area (Å²) in [5, 5.41) is 1.07. The summed E-state index contributed by atoms with van der Waals surface area (Å²) >= 11 is 7.52. The first-order chi connectivity index (χ1) is 6.33. The van der Waals surface area contributed by atoms with Gasteiger partial charge in [-0.15, -0.1) is 22.9 Å². The molecule has 0 aromatic carbocycles. The number of thiazole rings is 1. The van der Waals surface area contributed by atoms with Crippen LogP contribution in [0.3, 0.4) is 0 Å². The summed E-state index contributed by atoms with van der Waals surface area (Å²) in [5.41, 5.74) is 1.28. The van der Waals surface area contributed by atoms with Gasteiger partial charge in [0.2, 0.25) is 0 Å². The molecule has 0 saturated carbocycles. The van der Waals surface area contributed by atoms with E-state index in [1.165, 1.54) is 10.6 Å². The van der Waals surface area contributed by atoms with Crippen LogP contribution < -0.4 is 0 Å². The summed E-state index contributed by atoms with van der Waals surface area (Å²) in [6.45, 7) is 5.55. The highest BCUT2D eigenvalue weighted by Gasteiger charge is 2.18. The van der Waals surface area contributed by atoms with Crippen LogP contribution in [0.15, 0.2) is 0 Å². The van der Waals surface area contributed by atoms with Crippen LogP contribution in [0.25, 0.3) is 0 Å². The van der Waals surface area contributed by atoms with Gasteiger partial charge in [0, 0.05) is 24.4 Å². The lowest BCUT2D eigenvalue weighted by Gasteiger charge is -2.23. The normalized spacial score (nSPS) is 17.4. The Kier molecular flexibility index (Phi) is 2.86. The molecule has 0 atom stereocenters. The van der Waals surface area contributed by atoms with Gasteiger partial charge in [0.1, 0.15) is 5.01 Å². The van der Waals surface area contributed by atoms with E-state index in [4.69, 9.17) is 11.6 Å². The first-order valence-corrected chi connectivity index (χ1v) is 5.94. The van der Waals surface area contributed by atoms with E-state index in [1.54, 1.807) is 11.3 Å². The standard InChI is InChI=1S/C9H13ClN2S/c1-2-12-4-3-7-8(6-12)13-9(5-10)11-7/h2-6H2,1H3. The maximum Gasteiger partial charge on any atom is 0.108 e. The van der Waals surface area contributed by atoms with Gasteiger partial charge in [0.05, 0.1) is 11.6 Å². The molecule has 0 unspecified atom stereocenters. The lowest BCUT2D eigenvalue weighted by Crippen LogP contribution is -2.29. The third kappa shape index (κ3) is 1.87. The van der Waals surface area contributed by atoms with Crippen molar-refractivity contribution in [2.75, 3.05) is 13.1 Å². The molecule has 2 heterocycles. The minimum Gasteiger partial charge on any atom is -0.298 e. The third-order valence-electron chi connectivity index (χ3n) is 2.42. The molecule has 2 rings (SSSR count). The predicted octanol–water partition coefficient (Wildman–Crippen LogP) is 2.26. The Morgan fingerprint density at radius 2 is 2.46 bits per heavy atom. The van der Waals surface area contributed by atoms with Crippen molar-refractivity contribution in [1.82, 2.24) is 9.88 Å². The zero-order valence-electron chi connectivity index (χ0n) is 7.72. The van der Waals surface area contributed by atoms with Gasteiger partial charge in [-0.05, 0) is 6.54 Å². The largest absolute Gasteiger partial charge is 0.298 e. The van der Waals surface area contributed by atoms with Crippen LogP contribution in [0.1, 0.15) is 22.5 Å². The van der Waals surface area contributed by atoms with Crippen LogP contribution in [0.5, 0.6) is 0 Å². The molecule has 1 aromatic rings. The minimum absolute atomic E-state index is 0.559. The fourth-order valence-electron chi connectivity index (χ4n) is 1.63. The Morgan fingerprint density at radius 3 is 3.15 bits per heavy atom. The molecule has 0 radical (unpaired) electrons. The number of rotatable bonds is 2. The van der Waals surface area contributed by atoms with Gasteiger partial charge in [-0.2, -0.15) is 0 Å². The van der Waals surface area contributed by atoms with E-state index in [-0.39, 0.29) is 0 Å². The Morgan fingerprint density at radius 1 is 1.62 bits per heavy atom. The lowest BCUT2D eigenvalue weighted by molar-refractivity contribution is 0.269. The van der Waals surface area contributed by atoms with Crippen LogP contribution in [0.4, 0.5) is 0 Å². The summed E-state index contributed by atoms with van der Waals surface area (Å²) in [6.07, 6.45) is 1.09. The van der Waals surface area contributed by atoms with Gasteiger partial charge in [0.25, 0.3) is 0 Å². The molecule has 0 aliphatic carbocycles. The van der Waals surface area contributed by atoms with Crippen molar-refractivity contribution in [1.29, 1.82) is 0 Å². The second-order valence-corrected chi connectivity index (χ2v) is 4.67. The first kappa shape index (κ1) is 9.44. The van der Waals surface area contributed by atoms with Gasteiger partial charge in [-0.1, -0.05) is 6.92 Å². The van der Waals surface area contributed by atoms with E-state index < -0.39 is 0 Å². The fraction of sp³-hybridized carbons (Fsp3) is 0.667. The maximum absolute atomic E-state index is 5.75. The van der Waals surface area contributed by atoms with E-state index >= 15 is 0 Å². The number of likely N-dealkylation sites (N-methyl/N-ethyl adjacent to an activating group) is 1. The second-order valence-electron chi connectivity index (χ2n) is 3.23. The smallest absolute Gasteiger partial charge is 0.108 e. The van der Waals surface area contributed by atoms with Gasteiger partial charge in [-0.3, -0.25) is 4.90 Å². The van der Waals surface area contributed by atoms with Gasteiger partial charge >= 0.3 is 0 Å². The number of fused-ring (bicyclic) bond motifs is 1. The average Bonchev–Trinajstić information content (AvgIpc) is 2.58. The van der Waals surface area contributed by atoms with E-state index in [1.807, 2.05) is 0 Å². The van der Waals surface area contributed by atoms with Crippen molar-refractivity contribution < 1.29 is 0 Å². The summed E-state index contributed by atoms with van der Waals surface area (Å²) in [6, 6.07) is 0. The molecule has 13 heavy (non-hydrogen) atoms. The zero-order valence-corrected chi connectivity index (χ0v) is 9.29. The number of alkyl halides is 1.